The zero-order valence-electron chi connectivity index (χ0n) is 12.0. The second-order valence-corrected chi connectivity index (χ2v) is 7.72. The van der Waals surface area contributed by atoms with Crippen LogP contribution in [0, 0.1) is 0 Å². The van der Waals surface area contributed by atoms with Crippen molar-refractivity contribution in [1.29, 1.82) is 0 Å². The molecule has 1 aliphatic heterocycles. The number of thioether (sulfide) groups is 1. The molecule has 1 aromatic carbocycles. The molecule has 1 aliphatic rings. The molecule has 1 amide bonds. The number of fused-ring (bicyclic) bond motifs is 1. The first-order chi connectivity index (χ1) is 10.1. The molecule has 0 N–H and O–H groups in total. The lowest BCUT2D eigenvalue weighted by Gasteiger charge is -2.34. The molecule has 0 spiro atoms. The van der Waals surface area contributed by atoms with Crippen molar-refractivity contribution in [1.82, 2.24) is 9.88 Å². The van der Waals surface area contributed by atoms with Gasteiger partial charge >= 0.3 is 0 Å². The number of carbonyl (C=O) groups excluding carboxylic acids is 1. The molecule has 1 fully saturated rings. The van der Waals surface area contributed by atoms with Crippen molar-refractivity contribution in [2.45, 2.75) is 24.3 Å². The number of amides is 1. The molecule has 0 radical (unpaired) electrons. The number of hydrogen-bond acceptors (Lipinski definition) is 3. The predicted octanol–water partition coefficient (Wildman–Crippen LogP) is 3.85. The molecule has 2 unspecified atom stereocenters. The van der Waals surface area contributed by atoms with Gasteiger partial charge in [-0.2, -0.15) is 11.8 Å². The van der Waals surface area contributed by atoms with E-state index < -0.39 is 0 Å². The van der Waals surface area contributed by atoms with Gasteiger partial charge in [0.2, 0.25) is 0 Å². The van der Waals surface area contributed by atoms with Crippen LogP contribution in [0.5, 0.6) is 0 Å². The topological polar surface area (TPSA) is 33.2 Å². The van der Waals surface area contributed by atoms with Crippen molar-refractivity contribution in [3.05, 3.63) is 41.2 Å². The monoisotopic (exact) mass is 320 g/mol. The Balaban J connectivity index is 2.00. The Morgan fingerprint density at radius 1 is 1.24 bits per heavy atom. The Bertz CT molecular complexity index is 681. The summed E-state index contributed by atoms with van der Waals surface area (Å²) in [6.45, 7) is 5.90. The minimum absolute atomic E-state index is 0.0503. The van der Waals surface area contributed by atoms with Crippen LogP contribution in [0.4, 0.5) is 0 Å². The maximum atomic E-state index is 12.8. The van der Waals surface area contributed by atoms with Crippen LogP contribution in [0.2, 0.25) is 5.15 Å². The quantitative estimate of drug-likeness (QED) is 0.748. The predicted molar refractivity (Wildman–Crippen MR) is 89.2 cm³/mol. The van der Waals surface area contributed by atoms with Gasteiger partial charge in [-0.3, -0.25) is 4.79 Å². The molecule has 2 atom stereocenters. The Morgan fingerprint density at radius 2 is 1.86 bits per heavy atom. The lowest BCUT2D eigenvalue weighted by molar-refractivity contribution is 0.0755. The summed E-state index contributed by atoms with van der Waals surface area (Å²) in [6.07, 6.45) is 1.60. The summed E-state index contributed by atoms with van der Waals surface area (Å²) in [6, 6.07) is 7.67. The van der Waals surface area contributed by atoms with E-state index in [1.54, 1.807) is 6.20 Å². The summed E-state index contributed by atoms with van der Waals surface area (Å²) >= 11 is 8.06. The highest BCUT2D eigenvalue weighted by Gasteiger charge is 2.27. The Morgan fingerprint density at radius 3 is 2.52 bits per heavy atom. The largest absolute Gasteiger partial charge is 0.336 e. The van der Waals surface area contributed by atoms with Gasteiger partial charge in [-0.05, 0) is 5.39 Å². The van der Waals surface area contributed by atoms with Crippen molar-refractivity contribution >= 4 is 40.0 Å². The fraction of sp³-hybridized carbons (Fsp3) is 0.375. The molecular formula is C16H17ClN2OS. The van der Waals surface area contributed by atoms with Crippen LogP contribution in [0.15, 0.2) is 30.5 Å². The second kappa shape index (κ2) is 5.85. The normalized spacial score (nSPS) is 22.5. The van der Waals surface area contributed by atoms with Crippen LogP contribution < -0.4 is 0 Å². The summed E-state index contributed by atoms with van der Waals surface area (Å²) in [5.41, 5.74) is 0.640. The van der Waals surface area contributed by atoms with Gasteiger partial charge in [0.25, 0.3) is 5.91 Å². The van der Waals surface area contributed by atoms with Crippen LogP contribution in [-0.2, 0) is 0 Å². The van der Waals surface area contributed by atoms with Gasteiger partial charge in [0.15, 0.2) is 0 Å². The molecule has 0 aliphatic carbocycles. The third-order valence-electron chi connectivity index (χ3n) is 3.68. The minimum Gasteiger partial charge on any atom is -0.336 e. The van der Waals surface area contributed by atoms with Gasteiger partial charge < -0.3 is 4.90 Å². The van der Waals surface area contributed by atoms with E-state index in [1.807, 2.05) is 40.9 Å². The third-order valence-corrected chi connectivity index (χ3v) is 5.21. The summed E-state index contributed by atoms with van der Waals surface area (Å²) in [5.74, 6) is 0.0503. The highest BCUT2D eigenvalue weighted by molar-refractivity contribution is 8.00. The lowest BCUT2D eigenvalue weighted by atomic mass is 10.1. The van der Waals surface area contributed by atoms with Gasteiger partial charge in [0.1, 0.15) is 5.15 Å². The fourth-order valence-electron chi connectivity index (χ4n) is 2.84. The molecule has 1 aromatic heterocycles. The molecule has 3 nitrogen and oxygen atoms in total. The smallest absolute Gasteiger partial charge is 0.256 e. The average molecular weight is 321 g/mol. The maximum absolute atomic E-state index is 12.8. The Kier molecular flexibility index (Phi) is 4.09. The van der Waals surface area contributed by atoms with Crippen molar-refractivity contribution in [3.63, 3.8) is 0 Å². The van der Waals surface area contributed by atoms with E-state index in [9.17, 15) is 4.79 Å². The minimum atomic E-state index is 0.0503. The fourth-order valence-corrected chi connectivity index (χ4v) is 4.38. The molecule has 5 heteroatoms. The standard InChI is InChI=1S/C16H17ClN2OS/c1-10-8-19(9-11(2)21-10)16(20)14-7-18-15(17)13-6-4-3-5-12(13)14/h3-7,10-11H,8-9H2,1-2H3. The summed E-state index contributed by atoms with van der Waals surface area (Å²) < 4.78 is 0. The number of hydrogen-bond donors (Lipinski definition) is 0. The van der Waals surface area contributed by atoms with Gasteiger partial charge in [-0.15, -0.1) is 0 Å². The summed E-state index contributed by atoms with van der Waals surface area (Å²) in [5, 5.41) is 3.07. The maximum Gasteiger partial charge on any atom is 0.256 e. The SMILES string of the molecule is CC1CN(C(=O)c2cnc(Cl)c3ccccc23)CC(C)S1. The second-order valence-electron chi connectivity index (χ2n) is 5.48. The molecule has 3 rings (SSSR count). The first-order valence-electron chi connectivity index (χ1n) is 7.04. The van der Waals surface area contributed by atoms with Crippen molar-refractivity contribution < 1.29 is 4.79 Å². The molecule has 0 saturated carbocycles. The van der Waals surface area contributed by atoms with E-state index in [2.05, 4.69) is 18.8 Å². The van der Waals surface area contributed by atoms with E-state index in [-0.39, 0.29) is 5.91 Å². The number of aromatic nitrogens is 1. The lowest BCUT2D eigenvalue weighted by Crippen LogP contribution is -2.44. The van der Waals surface area contributed by atoms with Crippen LogP contribution in [-0.4, -0.2) is 39.4 Å². The molecule has 0 bridgehead atoms. The van der Waals surface area contributed by atoms with E-state index in [0.717, 1.165) is 23.9 Å². The average Bonchev–Trinajstić information content (AvgIpc) is 2.46. The van der Waals surface area contributed by atoms with Crippen molar-refractivity contribution in [2.24, 2.45) is 0 Å². The zero-order valence-corrected chi connectivity index (χ0v) is 13.6. The van der Waals surface area contributed by atoms with Gasteiger partial charge in [-0.1, -0.05) is 49.7 Å². The van der Waals surface area contributed by atoms with Crippen molar-refractivity contribution in [3.8, 4) is 0 Å². The van der Waals surface area contributed by atoms with Gasteiger partial charge in [0, 0.05) is 35.2 Å². The number of nitrogens with zero attached hydrogens (tertiary/aromatic N) is 2. The molecule has 21 heavy (non-hydrogen) atoms. The number of halogens is 1. The molecule has 110 valence electrons. The van der Waals surface area contributed by atoms with Crippen LogP contribution >= 0.6 is 23.4 Å². The molecule has 1 saturated heterocycles. The van der Waals surface area contributed by atoms with Crippen LogP contribution in [0.25, 0.3) is 10.8 Å². The van der Waals surface area contributed by atoms with Gasteiger partial charge in [-0.25, -0.2) is 4.98 Å². The summed E-state index contributed by atoms with van der Waals surface area (Å²) in [7, 11) is 0. The highest BCUT2D eigenvalue weighted by atomic mass is 35.5. The Labute approximate surface area is 133 Å². The number of rotatable bonds is 1. The zero-order chi connectivity index (χ0) is 15.0. The van der Waals surface area contributed by atoms with E-state index in [0.29, 0.717) is 21.2 Å². The Hall–Kier alpha value is -1.26. The van der Waals surface area contributed by atoms with Crippen molar-refractivity contribution in [2.75, 3.05) is 13.1 Å². The van der Waals surface area contributed by atoms with E-state index in [4.69, 9.17) is 11.6 Å². The first-order valence-corrected chi connectivity index (χ1v) is 8.36. The summed E-state index contributed by atoms with van der Waals surface area (Å²) in [4.78, 5) is 19.0. The third kappa shape index (κ3) is 2.87. The molecular weight excluding hydrogens is 304 g/mol. The van der Waals surface area contributed by atoms with E-state index >= 15 is 0 Å². The number of carbonyl (C=O) groups is 1. The van der Waals surface area contributed by atoms with E-state index in [1.165, 1.54) is 0 Å². The first kappa shape index (κ1) is 14.7. The molecule has 2 aromatic rings. The van der Waals surface area contributed by atoms with Crippen LogP contribution in [0.3, 0.4) is 0 Å². The highest BCUT2D eigenvalue weighted by Crippen LogP contribution is 2.29. The van der Waals surface area contributed by atoms with Gasteiger partial charge in [0.05, 0.1) is 5.56 Å². The molecule has 2 heterocycles. The number of benzene rings is 1. The number of pyridine rings is 1. The van der Waals surface area contributed by atoms with Crippen LogP contribution in [0.1, 0.15) is 24.2 Å².